The van der Waals surface area contributed by atoms with Crippen LogP contribution < -0.4 is 9.64 Å². The van der Waals surface area contributed by atoms with Crippen molar-refractivity contribution in [2.24, 2.45) is 0 Å². The van der Waals surface area contributed by atoms with Crippen LogP contribution in [0.1, 0.15) is 20.8 Å². The predicted molar refractivity (Wildman–Crippen MR) is 90.4 cm³/mol. The van der Waals surface area contributed by atoms with Crippen molar-refractivity contribution in [1.82, 2.24) is 0 Å². The van der Waals surface area contributed by atoms with E-state index in [1.54, 1.807) is 18.4 Å². The van der Waals surface area contributed by atoms with Gasteiger partial charge in [-0.2, -0.15) is 0 Å². The Bertz CT molecular complexity index is 632. The maximum absolute atomic E-state index is 11.8. The van der Waals surface area contributed by atoms with Gasteiger partial charge >= 0.3 is 5.97 Å². The fourth-order valence-corrected chi connectivity index (χ4v) is 3.27. The van der Waals surface area contributed by atoms with E-state index in [-0.39, 0.29) is 5.97 Å². The van der Waals surface area contributed by atoms with Gasteiger partial charge in [-0.15, -0.1) is 11.3 Å². The monoisotopic (exact) mass is 319 g/mol. The third-order valence-corrected chi connectivity index (χ3v) is 4.76. The number of methoxy groups -OCH3 is 2. The van der Waals surface area contributed by atoms with Gasteiger partial charge in [-0.25, -0.2) is 4.79 Å². The van der Waals surface area contributed by atoms with Crippen LogP contribution in [0.25, 0.3) is 0 Å². The third-order valence-electron chi connectivity index (χ3n) is 3.39. The summed E-state index contributed by atoms with van der Waals surface area (Å²) < 4.78 is 10.0. The van der Waals surface area contributed by atoms with Gasteiger partial charge in [0, 0.05) is 19.0 Å². The number of carbonyl (C=O) groups excluding carboxylic acids is 1. The highest BCUT2D eigenvalue weighted by molar-refractivity contribution is 7.16. The number of carbonyl (C=O) groups is 1. The molecule has 2 rings (SSSR count). The van der Waals surface area contributed by atoms with Gasteiger partial charge in [-0.05, 0) is 36.6 Å². The Balaban J connectivity index is 2.10. The Kier molecular flexibility index (Phi) is 5.44. The summed E-state index contributed by atoms with van der Waals surface area (Å²) in [6, 6.07) is 10.0. The SMILES string of the molecule is COC(=O)c1cc(CCc2ccc(OC)cc2)sc1N(C)C. The van der Waals surface area contributed by atoms with Crippen LogP contribution in [0.5, 0.6) is 5.75 Å². The average Bonchev–Trinajstić information content (AvgIpc) is 2.97. The minimum Gasteiger partial charge on any atom is -0.497 e. The summed E-state index contributed by atoms with van der Waals surface area (Å²) >= 11 is 1.64. The number of benzene rings is 1. The second kappa shape index (κ2) is 7.31. The van der Waals surface area contributed by atoms with Crippen molar-refractivity contribution >= 4 is 22.3 Å². The molecule has 0 bridgehead atoms. The van der Waals surface area contributed by atoms with Crippen LogP contribution in [-0.2, 0) is 17.6 Å². The summed E-state index contributed by atoms with van der Waals surface area (Å²) in [7, 11) is 6.95. The molecule has 0 radical (unpaired) electrons. The molecule has 0 aliphatic carbocycles. The van der Waals surface area contributed by atoms with Crippen molar-refractivity contribution in [2.75, 3.05) is 33.2 Å². The van der Waals surface area contributed by atoms with Crippen LogP contribution in [0.15, 0.2) is 30.3 Å². The highest BCUT2D eigenvalue weighted by Crippen LogP contribution is 2.31. The van der Waals surface area contributed by atoms with Gasteiger partial charge in [0.05, 0.1) is 19.8 Å². The van der Waals surface area contributed by atoms with Gasteiger partial charge in [-0.1, -0.05) is 12.1 Å². The van der Waals surface area contributed by atoms with E-state index in [4.69, 9.17) is 9.47 Å². The fourth-order valence-electron chi connectivity index (χ4n) is 2.20. The molecule has 0 fully saturated rings. The Morgan fingerprint density at radius 1 is 1.14 bits per heavy atom. The van der Waals surface area contributed by atoms with Gasteiger partial charge in [0.2, 0.25) is 0 Å². The molecule has 22 heavy (non-hydrogen) atoms. The fraction of sp³-hybridized carbons (Fsp3) is 0.353. The van der Waals surface area contributed by atoms with Crippen LogP contribution >= 0.6 is 11.3 Å². The molecule has 2 aromatic rings. The van der Waals surface area contributed by atoms with Crippen molar-refractivity contribution in [1.29, 1.82) is 0 Å². The molecule has 0 aliphatic rings. The molecule has 1 heterocycles. The number of ether oxygens (including phenoxy) is 2. The maximum Gasteiger partial charge on any atom is 0.340 e. The molecule has 0 unspecified atom stereocenters. The van der Waals surface area contributed by atoms with Crippen LogP contribution in [0.3, 0.4) is 0 Å². The predicted octanol–water partition coefficient (Wildman–Crippen LogP) is 3.39. The van der Waals surface area contributed by atoms with Gasteiger partial charge in [0.1, 0.15) is 10.8 Å². The Morgan fingerprint density at radius 3 is 2.36 bits per heavy atom. The Morgan fingerprint density at radius 2 is 1.82 bits per heavy atom. The van der Waals surface area contributed by atoms with E-state index >= 15 is 0 Å². The molecule has 0 amide bonds. The van der Waals surface area contributed by atoms with Crippen LogP contribution in [0, 0.1) is 0 Å². The first-order chi connectivity index (χ1) is 10.5. The summed E-state index contributed by atoms with van der Waals surface area (Å²) in [4.78, 5) is 15.0. The lowest BCUT2D eigenvalue weighted by molar-refractivity contribution is 0.0602. The van der Waals surface area contributed by atoms with E-state index in [0.717, 1.165) is 23.6 Å². The first-order valence-electron chi connectivity index (χ1n) is 7.06. The topological polar surface area (TPSA) is 38.8 Å². The molecule has 4 nitrogen and oxygen atoms in total. The zero-order valence-corrected chi connectivity index (χ0v) is 14.2. The number of hydrogen-bond donors (Lipinski definition) is 0. The lowest BCUT2D eigenvalue weighted by Gasteiger charge is -2.10. The molecule has 0 saturated carbocycles. The Labute approximate surface area is 135 Å². The minimum absolute atomic E-state index is 0.282. The summed E-state index contributed by atoms with van der Waals surface area (Å²) in [5.74, 6) is 0.582. The second-order valence-electron chi connectivity index (χ2n) is 5.17. The highest BCUT2D eigenvalue weighted by atomic mass is 32.1. The van der Waals surface area contributed by atoms with Gasteiger partial charge < -0.3 is 14.4 Å². The van der Waals surface area contributed by atoms with E-state index in [9.17, 15) is 4.79 Å². The van der Waals surface area contributed by atoms with Crippen molar-refractivity contribution < 1.29 is 14.3 Å². The summed E-state index contributed by atoms with van der Waals surface area (Å²) in [6.07, 6.45) is 1.83. The van der Waals surface area contributed by atoms with Gasteiger partial charge in [0.15, 0.2) is 0 Å². The molecule has 0 N–H and O–H groups in total. The zero-order valence-electron chi connectivity index (χ0n) is 13.4. The second-order valence-corrected chi connectivity index (χ2v) is 6.28. The third kappa shape index (κ3) is 3.80. The number of thiophene rings is 1. The van der Waals surface area contributed by atoms with Crippen LogP contribution in [0.4, 0.5) is 5.00 Å². The van der Waals surface area contributed by atoms with E-state index in [1.807, 2.05) is 37.2 Å². The number of aryl methyl sites for hydroxylation is 2. The molecule has 0 aliphatic heterocycles. The first-order valence-corrected chi connectivity index (χ1v) is 7.88. The van der Waals surface area contributed by atoms with E-state index < -0.39 is 0 Å². The van der Waals surface area contributed by atoms with Crippen molar-refractivity contribution in [3.63, 3.8) is 0 Å². The smallest absolute Gasteiger partial charge is 0.340 e. The van der Waals surface area contributed by atoms with Gasteiger partial charge in [-0.3, -0.25) is 0 Å². The molecule has 1 aromatic heterocycles. The summed E-state index contributed by atoms with van der Waals surface area (Å²) in [5, 5.41) is 0.941. The first kappa shape index (κ1) is 16.4. The zero-order chi connectivity index (χ0) is 16.1. The lowest BCUT2D eigenvalue weighted by Crippen LogP contribution is -2.11. The molecule has 0 atom stereocenters. The quantitative estimate of drug-likeness (QED) is 0.765. The Hall–Kier alpha value is -2.01. The highest BCUT2D eigenvalue weighted by Gasteiger charge is 2.17. The van der Waals surface area contributed by atoms with Crippen LogP contribution in [0.2, 0.25) is 0 Å². The number of hydrogen-bond acceptors (Lipinski definition) is 5. The number of esters is 1. The summed E-state index contributed by atoms with van der Waals surface area (Å²) in [5.41, 5.74) is 1.89. The molecule has 118 valence electrons. The van der Waals surface area contributed by atoms with Crippen LogP contribution in [-0.4, -0.2) is 34.3 Å². The molecular weight excluding hydrogens is 298 g/mol. The number of rotatable bonds is 6. The normalized spacial score (nSPS) is 10.4. The lowest BCUT2D eigenvalue weighted by atomic mass is 10.1. The van der Waals surface area contributed by atoms with Crippen molar-refractivity contribution in [2.45, 2.75) is 12.8 Å². The number of nitrogens with zero attached hydrogens (tertiary/aromatic N) is 1. The minimum atomic E-state index is -0.282. The molecular formula is C17H21NO3S. The summed E-state index contributed by atoms with van der Waals surface area (Å²) in [6.45, 7) is 0. The van der Waals surface area contributed by atoms with Crippen molar-refractivity contribution in [3.8, 4) is 5.75 Å². The van der Waals surface area contributed by atoms with E-state index in [1.165, 1.54) is 17.6 Å². The van der Waals surface area contributed by atoms with E-state index in [2.05, 4.69) is 12.1 Å². The van der Waals surface area contributed by atoms with E-state index in [0.29, 0.717) is 5.56 Å². The molecule has 0 spiro atoms. The largest absolute Gasteiger partial charge is 0.497 e. The molecule has 5 heteroatoms. The molecule has 0 saturated heterocycles. The average molecular weight is 319 g/mol. The van der Waals surface area contributed by atoms with Gasteiger partial charge in [0.25, 0.3) is 0 Å². The number of anilines is 1. The molecule has 1 aromatic carbocycles. The standard InChI is InChI=1S/C17H21NO3S/c1-18(2)16-15(17(19)21-4)11-14(22-16)10-7-12-5-8-13(20-3)9-6-12/h5-6,8-9,11H,7,10H2,1-4H3. The maximum atomic E-state index is 11.8. The van der Waals surface area contributed by atoms with Crippen molar-refractivity contribution in [3.05, 3.63) is 46.3 Å².